The highest BCUT2D eigenvalue weighted by atomic mass is 16.5. The maximum Gasteiger partial charge on any atom is 0.196 e. The first-order valence-electron chi connectivity index (χ1n) is 6.90. The van der Waals surface area contributed by atoms with Crippen LogP contribution in [0.1, 0.15) is 49.9 Å². The largest absolute Gasteiger partial charge is 0.492 e. The number of hydrogen-bond acceptors (Lipinski definition) is 4. The molecule has 0 atom stereocenters. The Morgan fingerprint density at radius 1 is 1.47 bits per heavy atom. The van der Waals surface area contributed by atoms with Crippen molar-refractivity contribution in [3.8, 4) is 5.75 Å². The summed E-state index contributed by atoms with van der Waals surface area (Å²) in [5, 5.41) is 10.5. The van der Waals surface area contributed by atoms with E-state index in [1.54, 1.807) is 12.3 Å². The third kappa shape index (κ3) is 3.13. The van der Waals surface area contributed by atoms with Gasteiger partial charge in [0.05, 0.1) is 12.8 Å². The monoisotopic (exact) mass is 263 g/mol. The minimum absolute atomic E-state index is 0.228. The summed E-state index contributed by atoms with van der Waals surface area (Å²) in [4.78, 5) is 16.4. The summed E-state index contributed by atoms with van der Waals surface area (Å²) in [6.07, 6.45) is 5.92. The van der Waals surface area contributed by atoms with Gasteiger partial charge in [-0.15, -0.1) is 0 Å². The molecule has 4 nitrogen and oxygen atoms in total. The number of pyridine rings is 1. The Kier molecular flexibility index (Phi) is 4.20. The van der Waals surface area contributed by atoms with Crippen molar-refractivity contribution >= 4 is 5.78 Å². The van der Waals surface area contributed by atoms with Crippen LogP contribution in [0.5, 0.6) is 5.75 Å². The van der Waals surface area contributed by atoms with Crippen LogP contribution in [0, 0.1) is 5.92 Å². The molecule has 0 spiro atoms. The van der Waals surface area contributed by atoms with E-state index in [0.29, 0.717) is 36.7 Å². The molecule has 1 aliphatic carbocycles. The topological polar surface area (TPSA) is 59.4 Å². The van der Waals surface area contributed by atoms with Gasteiger partial charge in [-0.3, -0.25) is 9.78 Å². The van der Waals surface area contributed by atoms with Crippen LogP contribution in [0.4, 0.5) is 0 Å². The van der Waals surface area contributed by atoms with E-state index in [0.717, 1.165) is 12.8 Å². The second kappa shape index (κ2) is 5.70. The molecule has 1 aliphatic rings. The summed E-state index contributed by atoms with van der Waals surface area (Å²) in [6.45, 7) is 4.56. The molecular formula is C15H21NO3. The highest BCUT2D eigenvalue weighted by molar-refractivity contribution is 6.02. The standard InChI is InChI=1S/C15H21NO3/c1-3-19-13-8-12(9-16-10-13)14(17)15(18)6-4-11(2)5-7-15/h8-11,18H,3-7H2,1-2H3. The Balaban J connectivity index is 2.16. The maximum atomic E-state index is 12.4. The number of carbonyl (C=O) groups is 1. The summed E-state index contributed by atoms with van der Waals surface area (Å²) in [5.41, 5.74) is -0.790. The summed E-state index contributed by atoms with van der Waals surface area (Å²) in [5.74, 6) is 0.926. The molecular weight excluding hydrogens is 242 g/mol. The van der Waals surface area contributed by atoms with Gasteiger partial charge in [0.2, 0.25) is 0 Å². The molecule has 1 fully saturated rings. The van der Waals surface area contributed by atoms with Gasteiger partial charge in [-0.25, -0.2) is 0 Å². The van der Waals surface area contributed by atoms with E-state index in [2.05, 4.69) is 11.9 Å². The Morgan fingerprint density at radius 2 is 2.16 bits per heavy atom. The van der Waals surface area contributed by atoms with E-state index >= 15 is 0 Å². The van der Waals surface area contributed by atoms with Crippen molar-refractivity contribution in [2.45, 2.75) is 45.1 Å². The van der Waals surface area contributed by atoms with Crippen LogP contribution in [0.2, 0.25) is 0 Å². The quantitative estimate of drug-likeness (QED) is 0.848. The molecule has 1 N–H and O–H groups in total. The molecule has 0 aromatic carbocycles. The zero-order chi connectivity index (χ0) is 13.9. The maximum absolute atomic E-state index is 12.4. The molecule has 1 saturated carbocycles. The highest BCUT2D eigenvalue weighted by Crippen LogP contribution is 2.34. The van der Waals surface area contributed by atoms with Crippen LogP contribution in [0.25, 0.3) is 0 Å². The molecule has 0 amide bonds. The van der Waals surface area contributed by atoms with Gasteiger partial charge in [0.25, 0.3) is 0 Å². The normalized spacial score (nSPS) is 27.0. The average Bonchev–Trinajstić information content (AvgIpc) is 2.42. The Morgan fingerprint density at radius 3 is 2.79 bits per heavy atom. The molecule has 0 saturated heterocycles. The van der Waals surface area contributed by atoms with E-state index in [1.807, 2.05) is 6.92 Å². The molecule has 0 radical (unpaired) electrons. The van der Waals surface area contributed by atoms with Crippen molar-refractivity contribution in [1.82, 2.24) is 4.98 Å². The van der Waals surface area contributed by atoms with Crippen molar-refractivity contribution < 1.29 is 14.6 Å². The first-order valence-corrected chi connectivity index (χ1v) is 6.90. The van der Waals surface area contributed by atoms with Crippen LogP contribution in [-0.4, -0.2) is 28.1 Å². The number of ether oxygens (including phenoxy) is 1. The molecule has 19 heavy (non-hydrogen) atoms. The lowest BCUT2D eigenvalue weighted by atomic mass is 9.76. The minimum Gasteiger partial charge on any atom is -0.492 e. The average molecular weight is 263 g/mol. The number of nitrogens with zero attached hydrogens (tertiary/aromatic N) is 1. The summed E-state index contributed by atoms with van der Waals surface area (Å²) in [6, 6.07) is 1.66. The number of ketones is 1. The van der Waals surface area contributed by atoms with Crippen LogP contribution in [-0.2, 0) is 0 Å². The van der Waals surface area contributed by atoms with Gasteiger partial charge < -0.3 is 9.84 Å². The lowest BCUT2D eigenvalue weighted by Crippen LogP contribution is -2.41. The van der Waals surface area contributed by atoms with Crippen LogP contribution >= 0.6 is 0 Å². The summed E-state index contributed by atoms with van der Waals surface area (Å²) >= 11 is 0. The SMILES string of the molecule is CCOc1cncc(C(=O)C2(O)CCC(C)CC2)c1. The molecule has 0 unspecified atom stereocenters. The molecule has 0 aliphatic heterocycles. The number of carbonyl (C=O) groups excluding carboxylic acids is 1. The van der Waals surface area contributed by atoms with Gasteiger partial charge in [-0.2, -0.15) is 0 Å². The molecule has 1 aromatic rings. The predicted octanol–water partition coefficient (Wildman–Crippen LogP) is 2.60. The van der Waals surface area contributed by atoms with Gasteiger partial charge in [-0.1, -0.05) is 6.92 Å². The van der Waals surface area contributed by atoms with Crippen LogP contribution in [0.3, 0.4) is 0 Å². The Bertz CT molecular complexity index is 450. The minimum atomic E-state index is -1.22. The number of aromatic nitrogens is 1. The Labute approximate surface area is 113 Å². The lowest BCUT2D eigenvalue weighted by molar-refractivity contribution is 0.00421. The molecule has 104 valence electrons. The number of hydrogen-bond donors (Lipinski definition) is 1. The second-order valence-corrected chi connectivity index (χ2v) is 5.39. The third-order valence-corrected chi connectivity index (χ3v) is 3.81. The van der Waals surface area contributed by atoms with Crippen molar-refractivity contribution in [1.29, 1.82) is 0 Å². The van der Waals surface area contributed by atoms with Crippen molar-refractivity contribution in [2.75, 3.05) is 6.61 Å². The van der Waals surface area contributed by atoms with Crippen LogP contribution in [0.15, 0.2) is 18.5 Å². The van der Waals surface area contributed by atoms with Crippen LogP contribution < -0.4 is 4.74 Å². The van der Waals surface area contributed by atoms with E-state index in [4.69, 9.17) is 4.74 Å². The molecule has 4 heteroatoms. The number of rotatable bonds is 4. The van der Waals surface area contributed by atoms with Gasteiger partial charge in [0.1, 0.15) is 11.4 Å². The summed E-state index contributed by atoms with van der Waals surface area (Å²) < 4.78 is 5.34. The van der Waals surface area contributed by atoms with Crippen molar-refractivity contribution in [3.63, 3.8) is 0 Å². The fourth-order valence-corrected chi connectivity index (χ4v) is 2.52. The molecule has 1 aromatic heterocycles. The fourth-order valence-electron chi connectivity index (χ4n) is 2.52. The van der Waals surface area contributed by atoms with E-state index < -0.39 is 5.60 Å². The van der Waals surface area contributed by atoms with E-state index in [9.17, 15) is 9.90 Å². The molecule has 2 rings (SSSR count). The van der Waals surface area contributed by atoms with Crippen molar-refractivity contribution in [3.05, 3.63) is 24.0 Å². The van der Waals surface area contributed by atoms with Gasteiger partial charge >= 0.3 is 0 Å². The van der Waals surface area contributed by atoms with Gasteiger partial charge in [0.15, 0.2) is 5.78 Å². The molecule has 1 heterocycles. The first-order chi connectivity index (χ1) is 9.05. The second-order valence-electron chi connectivity index (χ2n) is 5.39. The van der Waals surface area contributed by atoms with E-state index in [1.165, 1.54) is 6.20 Å². The fraction of sp³-hybridized carbons (Fsp3) is 0.600. The van der Waals surface area contributed by atoms with E-state index in [-0.39, 0.29) is 5.78 Å². The Hall–Kier alpha value is -1.42. The zero-order valence-corrected chi connectivity index (χ0v) is 11.6. The van der Waals surface area contributed by atoms with Crippen molar-refractivity contribution in [2.24, 2.45) is 5.92 Å². The highest BCUT2D eigenvalue weighted by Gasteiger charge is 2.39. The lowest BCUT2D eigenvalue weighted by Gasteiger charge is -2.33. The van der Waals surface area contributed by atoms with Gasteiger partial charge in [0, 0.05) is 11.8 Å². The number of Topliss-reactive ketones (excluding diaryl/α,β-unsaturated/α-hetero) is 1. The zero-order valence-electron chi connectivity index (χ0n) is 11.6. The third-order valence-electron chi connectivity index (χ3n) is 3.81. The molecule has 0 bridgehead atoms. The number of aliphatic hydroxyl groups is 1. The predicted molar refractivity (Wildman–Crippen MR) is 72.3 cm³/mol. The van der Waals surface area contributed by atoms with Gasteiger partial charge in [-0.05, 0) is 44.6 Å². The first kappa shape index (κ1) is 14.0. The smallest absolute Gasteiger partial charge is 0.196 e. The summed E-state index contributed by atoms with van der Waals surface area (Å²) in [7, 11) is 0.